The van der Waals surface area contributed by atoms with Gasteiger partial charge in [0, 0.05) is 5.56 Å². The third-order valence-electron chi connectivity index (χ3n) is 3.97. The molecule has 2 aromatic rings. The van der Waals surface area contributed by atoms with Crippen LogP contribution in [0, 0.1) is 5.92 Å². The van der Waals surface area contributed by atoms with Gasteiger partial charge in [-0.15, -0.1) is 0 Å². The van der Waals surface area contributed by atoms with Crippen LogP contribution in [-0.2, 0) is 0 Å². The van der Waals surface area contributed by atoms with Crippen molar-refractivity contribution in [3.8, 4) is 0 Å². The van der Waals surface area contributed by atoms with Crippen molar-refractivity contribution in [1.29, 1.82) is 0 Å². The van der Waals surface area contributed by atoms with E-state index in [4.69, 9.17) is 11.6 Å². The van der Waals surface area contributed by atoms with Gasteiger partial charge in [-0.05, 0) is 49.0 Å². The number of nitrogens with one attached hydrogen (secondary N) is 1. The van der Waals surface area contributed by atoms with Crippen LogP contribution in [0.1, 0.15) is 34.9 Å². The average Bonchev–Trinajstić information content (AvgIpc) is 2.64. The molecular weight excluding hydrogens is 310 g/mol. The topological polar surface area (TPSA) is 49.3 Å². The zero-order chi connectivity index (χ0) is 16.5. The van der Waals surface area contributed by atoms with E-state index < -0.39 is 5.24 Å². The summed E-state index contributed by atoms with van der Waals surface area (Å²) >= 11 is 5.16. The van der Waals surface area contributed by atoms with Crippen molar-refractivity contribution in [1.82, 2.24) is 5.32 Å². The highest BCUT2D eigenvalue weighted by Crippen LogP contribution is 2.28. The van der Waals surface area contributed by atoms with Gasteiger partial charge in [0.05, 0.1) is 6.10 Å². The van der Waals surface area contributed by atoms with E-state index in [0.717, 1.165) is 31.5 Å². The van der Waals surface area contributed by atoms with E-state index in [1.54, 1.807) is 24.3 Å². The number of hydrogen-bond donors (Lipinski definition) is 2. The summed E-state index contributed by atoms with van der Waals surface area (Å²) in [4.78, 5) is 10.4. The monoisotopic (exact) mass is 331 g/mol. The van der Waals surface area contributed by atoms with Gasteiger partial charge in [0.25, 0.3) is 5.24 Å². The van der Waals surface area contributed by atoms with Crippen molar-refractivity contribution in [3.05, 3.63) is 71.8 Å². The van der Waals surface area contributed by atoms with E-state index >= 15 is 0 Å². The molecule has 1 unspecified atom stereocenters. The second-order valence-corrected chi connectivity index (χ2v) is 5.93. The SMILES string of the molecule is O=C(Cl)c1ccccc1.OC(c1ccccc1)C1CCNCC1. The molecule has 0 bridgehead atoms. The van der Waals surface area contributed by atoms with Gasteiger partial charge >= 0.3 is 0 Å². The summed E-state index contributed by atoms with van der Waals surface area (Å²) in [6, 6.07) is 18.7. The second-order valence-electron chi connectivity index (χ2n) is 5.58. The van der Waals surface area contributed by atoms with Crippen molar-refractivity contribution in [2.45, 2.75) is 18.9 Å². The average molecular weight is 332 g/mol. The zero-order valence-electron chi connectivity index (χ0n) is 13.0. The summed E-state index contributed by atoms with van der Waals surface area (Å²) in [5, 5.41) is 13.0. The third kappa shape index (κ3) is 5.79. The number of carbonyl (C=O) groups excluding carboxylic acids is 1. The Morgan fingerprint density at radius 1 is 1.00 bits per heavy atom. The molecule has 0 spiro atoms. The minimum atomic E-state index is -0.407. The molecule has 1 heterocycles. The highest BCUT2D eigenvalue weighted by atomic mass is 35.5. The number of benzene rings is 2. The van der Waals surface area contributed by atoms with Gasteiger partial charge in [-0.3, -0.25) is 4.79 Å². The lowest BCUT2D eigenvalue weighted by atomic mass is 9.88. The van der Waals surface area contributed by atoms with Gasteiger partial charge in [0.2, 0.25) is 0 Å². The first-order valence-electron chi connectivity index (χ1n) is 7.87. The number of halogens is 1. The molecule has 0 radical (unpaired) electrons. The molecule has 2 N–H and O–H groups in total. The lowest BCUT2D eigenvalue weighted by molar-refractivity contribution is 0.0889. The predicted molar refractivity (Wildman–Crippen MR) is 93.6 cm³/mol. The normalized spacial score (nSPS) is 16.1. The molecule has 0 aliphatic carbocycles. The first-order valence-corrected chi connectivity index (χ1v) is 8.25. The molecule has 1 fully saturated rings. The van der Waals surface area contributed by atoms with Gasteiger partial charge in [0.15, 0.2) is 0 Å². The Balaban J connectivity index is 0.000000185. The second kappa shape index (κ2) is 9.46. The molecule has 4 heteroatoms. The Labute approximate surface area is 142 Å². The molecule has 3 nitrogen and oxygen atoms in total. The molecule has 1 aliphatic rings. The summed E-state index contributed by atoms with van der Waals surface area (Å²) in [5.41, 5.74) is 1.60. The van der Waals surface area contributed by atoms with Gasteiger partial charge in [-0.2, -0.15) is 0 Å². The van der Waals surface area contributed by atoms with Crippen molar-refractivity contribution in [2.75, 3.05) is 13.1 Å². The molecule has 0 saturated carbocycles. The maximum atomic E-state index is 10.4. The fraction of sp³-hybridized carbons (Fsp3) is 0.316. The Kier molecular flexibility index (Phi) is 7.27. The fourth-order valence-corrected chi connectivity index (χ4v) is 2.78. The van der Waals surface area contributed by atoms with E-state index in [-0.39, 0.29) is 6.10 Å². The van der Waals surface area contributed by atoms with Crippen LogP contribution in [-0.4, -0.2) is 23.4 Å². The van der Waals surface area contributed by atoms with E-state index in [1.165, 1.54) is 0 Å². The smallest absolute Gasteiger partial charge is 0.252 e. The van der Waals surface area contributed by atoms with Crippen LogP contribution in [0.15, 0.2) is 60.7 Å². The zero-order valence-corrected chi connectivity index (χ0v) is 13.7. The Morgan fingerprint density at radius 2 is 1.52 bits per heavy atom. The summed E-state index contributed by atoms with van der Waals surface area (Å²) in [6.45, 7) is 2.07. The first-order chi connectivity index (χ1) is 11.2. The standard InChI is InChI=1S/C12H17NO.C7H5ClO/c14-12(10-4-2-1-3-5-10)11-6-8-13-9-7-11;8-7(9)6-4-2-1-3-5-6/h1-5,11-14H,6-9H2;1-5H. The summed E-state index contributed by atoms with van der Waals surface area (Å²) < 4.78 is 0. The Morgan fingerprint density at radius 3 is 2.00 bits per heavy atom. The number of aliphatic hydroxyl groups excluding tert-OH is 1. The minimum absolute atomic E-state index is 0.279. The highest BCUT2D eigenvalue weighted by Gasteiger charge is 2.22. The Hall–Kier alpha value is -1.68. The van der Waals surface area contributed by atoms with Crippen molar-refractivity contribution in [3.63, 3.8) is 0 Å². The molecular formula is C19H22ClNO2. The molecule has 122 valence electrons. The maximum Gasteiger partial charge on any atom is 0.252 e. The lowest BCUT2D eigenvalue weighted by Crippen LogP contribution is -2.30. The number of piperidine rings is 1. The summed E-state index contributed by atoms with van der Waals surface area (Å²) in [6.07, 6.45) is 1.88. The molecule has 1 atom stereocenters. The molecule has 0 aromatic heterocycles. The summed E-state index contributed by atoms with van der Waals surface area (Å²) in [5.74, 6) is 0.429. The quantitative estimate of drug-likeness (QED) is 0.841. The number of hydrogen-bond acceptors (Lipinski definition) is 3. The van der Waals surface area contributed by atoms with E-state index in [0.29, 0.717) is 11.5 Å². The fourth-order valence-electron chi connectivity index (χ4n) is 2.65. The van der Waals surface area contributed by atoms with Crippen LogP contribution >= 0.6 is 11.6 Å². The molecule has 23 heavy (non-hydrogen) atoms. The Bertz CT molecular complexity index is 583. The van der Waals surface area contributed by atoms with E-state index in [2.05, 4.69) is 5.32 Å². The third-order valence-corrected chi connectivity index (χ3v) is 4.19. The van der Waals surface area contributed by atoms with Crippen LogP contribution in [0.2, 0.25) is 0 Å². The van der Waals surface area contributed by atoms with Crippen LogP contribution in [0.25, 0.3) is 0 Å². The number of carbonyl (C=O) groups is 1. The maximum absolute atomic E-state index is 10.4. The number of rotatable bonds is 3. The van der Waals surface area contributed by atoms with Crippen LogP contribution < -0.4 is 5.32 Å². The van der Waals surface area contributed by atoms with Crippen molar-refractivity contribution >= 4 is 16.8 Å². The van der Waals surface area contributed by atoms with Gasteiger partial charge < -0.3 is 10.4 Å². The van der Waals surface area contributed by atoms with Crippen LogP contribution in [0.4, 0.5) is 0 Å². The predicted octanol–water partition coefficient (Wildman–Crippen LogP) is 3.79. The lowest BCUT2D eigenvalue weighted by Gasteiger charge is -2.27. The number of aliphatic hydroxyl groups is 1. The molecule has 1 aliphatic heterocycles. The van der Waals surface area contributed by atoms with E-state index in [9.17, 15) is 9.90 Å². The van der Waals surface area contributed by atoms with Crippen LogP contribution in [0.3, 0.4) is 0 Å². The van der Waals surface area contributed by atoms with Crippen LogP contribution in [0.5, 0.6) is 0 Å². The first kappa shape index (κ1) is 17.7. The molecule has 1 saturated heterocycles. The van der Waals surface area contributed by atoms with Gasteiger partial charge in [-0.25, -0.2) is 0 Å². The molecule has 0 amide bonds. The minimum Gasteiger partial charge on any atom is -0.388 e. The molecule has 3 rings (SSSR count). The highest BCUT2D eigenvalue weighted by molar-refractivity contribution is 6.67. The van der Waals surface area contributed by atoms with Gasteiger partial charge in [0.1, 0.15) is 0 Å². The van der Waals surface area contributed by atoms with Gasteiger partial charge in [-0.1, -0.05) is 60.7 Å². The largest absolute Gasteiger partial charge is 0.388 e. The summed E-state index contributed by atoms with van der Waals surface area (Å²) in [7, 11) is 0. The van der Waals surface area contributed by atoms with Crippen molar-refractivity contribution in [2.24, 2.45) is 5.92 Å². The van der Waals surface area contributed by atoms with E-state index in [1.807, 2.05) is 36.4 Å². The molecule has 2 aromatic carbocycles. The van der Waals surface area contributed by atoms with Crippen molar-refractivity contribution < 1.29 is 9.90 Å².